The lowest BCUT2D eigenvalue weighted by atomic mass is 10.2. The van der Waals surface area contributed by atoms with Crippen LogP contribution in [0.5, 0.6) is 5.75 Å². The second kappa shape index (κ2) is 7.18. The Morgan fingerprint density at radius 1 is 1.42 bits per heavy atom. The highest BCUT2D eigenvalue weighted by atomic mass is 32.2. The van der Waals surface area contributed by atoms with Crippen LogP contribution < -0.4 is 10.1 Å². The Kier molecular flexibility index (Phi) is 5.45. The zero-order valence-electron chi connectivity index (χ0n) is 13.7. The average Bonchev–Trinajstić information content (AvgIpc) is 2.53. The normalized spacial score (nSPS) is 17.0. The van der Waals surface area contributed by atoms with E-state index in [4.69, 9.17) is 9.47 Å². The van der Waals surface area contributed by atoms with Gasteiger partial charge in [-0.25, -0.2) is 12.7 Å². The number of esters is 1. The Labute approximate surface area is 140 Å². The zero-order chi connectivity index (χ0) is 17.9. The molecular weight excluding hydrogens is 336 g/mol. The minimum absolute atomic E-state index is 0.00184. The van der Waals surface area contributed by atoms with Crippen molar-refractivity contribution in [1.82, 2.24) is 4.31 Å². The molecule has 0 aromatic heterocycles. The zero-order valence-corrected chi connectivity index (χ0v) is 14.6. The van der Waals surface area contributed by atoms with Crippen molar-refractivity contribution in [2.75, 3.05) is 25.5 Å². The number of carbonyl (C=O) groups excluding carboxylic acids is 2. The number of hydrogen-bond donors (Lipinski definition) is 1. The van der Waals surface area contributed by atoms with E-state index in [0.29, 0.717) is 11.4 Å². The number of sulfonamides is 1. The van der Waals surface area contributed by atoms with Gasteiger partial charge >= 0.3 is 5.97 Å². The van der Waals surface area contributed by atoms with Gasteiger partial charge in [0.2, 0.25) is 10.0 Å². The van der Waals surface area contributed by atoms with Crippen molar-refractivity contribution in [3.8, 4) is 5.75 Å². The fourth-order valence-corrected chi connectivity index (χ4v) is 3.33. The summed E-state index contributed by atoms with van der Waals surface area (Å²) < 4.78 is 36.4. The van der Waals surface area contributed by atoms with Gasteiger partial charge in [0.05, 0.1) is 23.6 Å². The van der Waals surface area contributed by atoms with Gasteiger partial charge in [-0.3, -0.25) is 9.59 Å². The predicted octanol–water partition coefficient (Wildman–Crippen LogP) is 0.980. The molecule has 1 heterocycles. The van der Waals surface area contributed by atoms with Crippen molar-refractivity contribution in [1.29, 1.82) is 0 Å². The quantitative estimate of drug-likeness (QED) is 0.763. The molecule has 0 spiro atoms. The summed E-state index contributed by atoms with van der Waals surface area (Å²) in [6, 6.07) is 4.24. The summed E-state index contributed by atoms with van der Waals surface area (Å²) >= 11 is 0. The van der Waals surface area contributed by atoms with Crippen molar-refractivity contribution < 1.29 is 27.5 Å². The van der Waals surface area contributed by atoms with E-state index in [1.807, 2.05) is 0 Å². The smallest absolute Gasteiger partial charge is 0.307 e. The number of fused-ring (bicyclic) bond motifs is 1. The highest BCUT2D eigenvalue weighted by molar-refractivity contribution is 7.89. The largest absolute Gasteiger partial charge is 0.479 e. The third-order valence-corrected chi connectivity index (χ3v) is 5.38. The maximum atomic E-state index is 12.6. The molecule has 0 fully saturated rings. The summed E-state index contributed by atoms with van der Waals surface area (Å²) in [5.74, 6) is -0.386. The third-order valence-electron chi connectivity index (χ3n) is 3.53. The third kappa shape index (κ3) is 3.85. The van der Waals surface area contributed by atoms with Crippen LogP contribution in [0.1, 0.15) is 20.3 Å². The van der Waals surface area contributed by atoms with Gasteiger partial charge in [-0.15, -0.1) is 0 Å². The molecule has 0 saturated carbocycles. The van der Waals surface area contributed by atoms with Crippen LogP contribution in [0.25, 0.3) is 0 Å². The number of ether oxygens (including phenoxy) is 2. The maximum absolute atomic E-state index is 12.6. The van der Waals surface area contributed by atoms with Crippen LogP contribution in [0.2, 0.25) is 0 Å². The van der Waals surface area contributed by atoms with Gasteiger partial charge in [0.1, 0.15) is 5.75 Å². The van der Waals surface area contributed by atoms with Crippen molar-refractivity contribution in [3.63, 3.8) is 0 Å². The molecule has 1 amide bonds. The number of nitrogens with one attached hydrogen (secondary N) is 1. The number of hydrogen-bond acceptors (Lipinski definition) is 6. The fourth-order valence-electron chi connectivity index (χ4n) is 2.13. The van der Waals surface area contributed by atoms with Gasteiger partial charge in [0.25, 0.3) is 5.91 Å². The Morgan fingerprint density at radius 3 is 2.79 bits per heavy atom. The van der Waals surface area contributed by atoms with E-state index >= 15 is 0 Å². The molecule has 0 radical (unpaired) electrons. The monoisotopic (exact) mass is 356 g/mol. The Bertz CT molecular complexity index is 746. The van der Waals surface area contributed by atoms with E-state index in [2.05, 4.69) is 5.32 Å². The maximum Gasteiger partial charge on any atom is 0.307 e. The lowest BCUT2D eigenvalue weighted by molar-refractivity contribution is -0.143. The van der Waals surface area contributed by atoms with Gasteiger partial charge in [-0.05, 0) is 32.0 Å². The summed E-state index contributed by atoms with van der Waals surface area (Å²) in [7, 11) is -2.42. The molecule has 24 heavy (non-hydrogen) atoms. The summed E-state index contributed by atoms with van der Waals surface area (Å²) in [6.07, 6.45) is -0.668. The number of carbonyl (C=O) groups is 2. The summed E-state index contributed by atoms with van der Waals surface area (Å²) in [5, 5.41) is 2.61. The second-order valence-corrected chi connectivity index (χ2v) is 7.33. The minimum Gasteiger partial charge on any atom is -0.479 e. The molecule has 1 aromatic carbocycles. The second-order valence-electron chi connectivity index (χ2n) is 5.29. The molecule has 1 aliphatic rings. The molecule has 1 aliphatic heterocycles. The molecule has 132 valence electrons. The van der Waals surface area contributed by atoms with Crippen LogP contribution in [0.15, 0.2) is 23.1 Å². The summed E-state index contributed by atoms with van der Waals surface area (Å²) in [6.45, 7) is 3.53. The average molecular weight is 356 g/mol. The van der Waals surface area contributed by atoms with Crippen LogP contribution >= 0.6 is 0 Å². The van der Waals surface area contributed by atoms with Gasteiger partial charge in [0.15, 0.2) is 6.10 Å². The van der Waals surface area contributed by atoms with Gasteiger partial charge in [-0.2, -0.15) is 0 Å². The topological polar surface area (TPSA) is 102 Å². The minimum atomic E-state index is -3.80. The van der Waals surface area contributed by atoms with E-state index in [1.165, 1.54) is 25.2 Å². The standard InChI is InChI=1S/C15H20N2O6S/c1-4-22-14(18)7-8-17(3)24(20,21)11-5-6-13-12(9-11)16-15(19)10(2)23-13/h5-6,9-10H,4,7-8H2,1-3H3,(H,16,19). The molecule has 1 unspecified atom stereocenters. The molecule has 1 aromatic rings. The number of anilines is 1. The molecule has 1 atom stereocenters. The lowest BCUT2D eigenvalue weighted by Crippen LogP contribution is -2.34. The molecule has 0 aliphatic carbocycles. The highest BCUT2D eigenvalue weighted by Crippen LogP contribution is 2.32. The van der Waals surface area contributed by atoms with Crippen molar-refractivity contribution >= 4 is 27.6 Å². The number of benzene rings is 1. The predicted molar refractivity (Wildman–Crippen MR) is 86.2 cm³/mol. The Balaban J connectivity index is 2.16. The molecule has 8 nitrogen and oxygen atoms in total. The Hall–Kier alpha value is -2.13. The number of rotatable bonds is 6. The van der Waals surface area contributed by atoms with E-state index in [-0.39, 0.29) is 30.4 Å². The number of amides is 1. The fraction of sp³-hybridized carbons (Fsp3) is 0.467. The van der Waals surface area contributed by atoms with Crippen molar-refractivity contribution in [3.05, 3.63) is 18.2 Å². The summed E-state index contributed by atoms with van der Waals surface area (Å²) in [5.41, 5.74) is 0.304. The van der Waals surface area contributed by atoms with Crippen LogP contribution in [-0.2, 0) is 24.3 Å². The van der Waals surface area contributed by atoms with Crippen LogP contribution in [0.3, 0.4) is 0 Å². The van der Waals surface area contributed by atoms with Gasteiger partial charge in [0, 0.05) is 13.6 Å². The lowest BCUT2D eigenvalue weighted by Gasteiger charge is -2.24. The first-order valence-electron chi connectivity index (χ1n) is 7.49. The van der Waals surface area contributed by atoms with Crippen LogP contribution in [-0.4, -0.2) is 50.9 Å². The first kappa shape index (κ1) is 18.2. The molecule has 9 heteroatoms. The van der Waals surface area contributed by atoms with Crippen LogP contribution in [0.4, 0.5) is 5.69 Å². The van der Waals surface area contributed by atoms with Crippen molar-refractivity contribution in [2.24, 2.45) is 0 Å². The van der Waals surface area contributed by atoms with E-state index in [9.17, 15) is 18.0 Å². The van der Waals surface area contributed by atoms with Crippen LogP contribution in [0, 0.1) is 0 Å². The van der Waals surface area contributed by atoms with Gasteiger partial charge in [-0.1, -0.05) is 0 Å². The van der Waals surface area contributed by atoms with Crippen molar-refractivity contribution in [2.45, 2.75) is 31.3 Å². The molecule has 1 N–H and O–H groups in total. The Morgan fingerprint density at radius 2 is 2.12 bits per heavy atom. The molecular formula is C15H20N2O6S. The van der Waals surface area contributed by atoms with E-state index in [1.54, 1.807) is 13.8 Å². The first-order valence-corrected chi connectivity index (χ1v) is 8.93. The van der Waals surface area contributed by atoms with Gasteiger partial charge < -0.3 is 14.8 Å². The van der Waals surface area contributed by atoms with E-state index in [0.717, 1.165) is 4.31 Å². The molecule has 0 saturated heterocycles. The highest BCUT2D eigenvalue weighted by Gasteiger charge is 2.27. The SMILES string of the molecule is CCOC(=O)CCN(C)S(=O)(=O)c1ccc2c(c1)NC(=O)C(C)O2. The summed E-state index contributed by atoms with van der Waals surface area (Å²) in [4.78, 5) is 23.0. The van der Waals surface area contributed by atoms with E-state index < -0.39 is 22.1 Å². The first-order chi connectivity index (χ1) is 11.3. The molecule has 2 rings (SSSR count). The molecule has 0 bridgehead atoms. The number of nitrogens with zero attached hydrogens (tertiary/aromatic N) is 1.